The quantitative estimate of drug-likeness (QED) is 0.485. The average molecular weight is 310 g/mol. The van der Waals surface area contributed by atoms with Gasteiger partial charge < -0.3 is 4.74 Å². The van der Waals surface area contributed by atoms with Crippen molar-refractivity contribution < 1.29 is 22.7 Å². The van der Waals surface area contributed by atoms with Crippen LogP contribution in [0.15, 0.2) is 17.0 Å². The maximum Gasteiger partial charge on any atom is 0.446 e. The van der Waals surface area contributed by atoms with Gasteiger partial charge in [-0.2, -0.15) is 18.4 Å². The minimum atomic E-state index is -4.53. The molecule has 0 aromatic heterocycles. The van der Waals surface area contributed by atoms with Crippen molar-refractivity contribution in [2.24, 2.45) is 0 Å². The number of rotatable bonds is 3. The number of benzene rings is 1. The lowest BCUT2D eigenvalue weighted by atomic mass is 10.0. The molecule has 0 atom stereocenters. The smallest absolute Gasteiger partial charge is 0.446 e. The summed E-state index contributed by atoms with van der Waals surface area (Å²) in [6, 6.07) is 3.86. The summed E-state index contributed by atoms with van der Waals surface area (Å²) in [4.78, 5) is 11.1. The van der Waals surface area contributed by atoms with Crippen molar-refractivity contribution >= 4 is 29.3 Å². The van der Waals surface area contributed by atoms with Crippen LogP contribution in [0.4, 0.5) is 13.2 Å². The summed E-state index contributed by atoms with van der Waals surface area (Å²) in [5, 5.41) is 8.96. The van der Waals surface area contributed by atoms with Gasteiger partial charge in [0.1, 0.15) is 6.07 Å². The summed E-state index contributed by atoms with van der Waals surface area (Å²) < 4.78 is 41.5. The molecule has 19 heavy (non-hydrogen) atoms. The van der Waals surface area contributed by atoms with Crippen LogP contribution in [0.2, 0.25) is 0 Å². The Morgan fingerprint density at radius 1 is 1.53 bits per heavy atom. The lowest BCUT2D eigenvalue weighted by Crippen LogP contribution is -2.08. The van der Waals surface area contributed by atoms with E-state index >= 15 is 0 Å². The minimum absolute atomic E-state index is 0.0134. The molecular weight excluding hydrogens is 303 g/mol. The third kappa shape index (κ3) is 3.78. The molecule has 8 heteroatoms. The van der Waals surface area contributed by atoms with Gasteiger partial charge in [-0.25, -0.2) is 4.79 Å². The molecule has 0 unspecified atom stereocenters. The fourth-order valence-corrected chi connectivity index (χ4v) is 2.33. The molecule has 0 aliphatic rings. The van der Waals surface area contributed by atoms with Crippen molar-refractivity contribution in [1.82, 2.24) is 0 Å². The summed E-state index contributed by atoms with van der Waals surface area (Å²) in [6.07, 6.45) is 0. The van der Waals surface area contributed by atoms with Crippen LogP contribution in [-0.2, 0) is 10.6 Å². The third-order valence-electron chi connectivity index (χ3n) is 2.15. The van der Waals surface area contributed by atoms with E-state index in [-0.39, 0.29) is 27.5 Å². The number of nitrogens with zero attached hydrogens (tertiary/aromatic N) is 1. The fourth-order valence-electron chi connectivity index (χ4n) is 1.40. The number of hydrogen-bond acceptors (Lipinski definition) is 4. The summed E-state index contributed by atoms with van der Waals surface area (Å²) in [5.74, 6) is -1.02. The van der Waals surface area contributed by atoms with Crippen molar-refractivity contribution in [3.05, 3.63) is 28.8 Å². The van der Waals surface area contributed by atoms with Crippen LogP contribution in [0, 0.1) is 11.3 Å². The van der Waals surface area contributed by atoms with E-state index in [1.807, 2.05) is 0 Å². The first kappa shape index (κ1) is 15.7. The summed E-state index contributed by atoms with van der Waals surface area (Å²) >= 11 is 5.19. The maximum atomic E-state index is 12.3. The second kappa shape index (κ2) is 6.17. The number of esters is 1. The SMILES string of the molecule is COC(=O)c1ccc(SC(F)(F)F)c(C#N)c1CCl. The molecule has 0 N–H and O–H groups in total. The van der Waals surface area contributed by atoms with Crippen LogP contribution in [0.3, 0.4) is 0 Å². The number of carbonyl (C=O) groups is 1. The molecule has 3 nitrogen and oxygen atoms in total. The number of alkyl halides is 4. The van der Waals surface area contributed by atoms with Gasteiger partial charge >= 0.3 is 11.5 Å². The predicted octanol–water partition coefficient (Wildman–Crippen LogP) is 3.70. The maximum absolute atomic E-state index is 12.3. The fraction of sp³-hybridized carbons (Fsp3) is 0.273. The Kier molecular flexibility index (Phi) is 5.09. The number of halogens is 4. The topological polar surface area (TPSA) is 50.1 Å². The average Bonchev–Trinajstić information content (AvgIpc) is 2.35. The number of nitriles is 1. The molecule has 0 saturated carbocycles. The van der Waals surface area contributed by atoms with E-state index in [2.05, 4.69) is 4.74 Å². The second-order valence-electron chi connectivity index (χ2n) is 3.25. The molecule has 1 aromatic rings. The molecule has 102 valence electrons. The van der Waals surface area contributed by atoms with E-state index in [1.165, 1.54) is 6.07 Å². The van der Waals surface area contributed by atoms with Crippen LogP contribution >= 0.6 is 23.4 Å². The summed E-state index contributed by atoms with van der Waals surface area (Å²) in [5.41, 5.74) is -4.77. The standard InChI is InChI=1S/C11H7ClF3NO2S/c1-18-10(17)6-2-3-9(19-11(13,14)15)8(5-16)7(6)4-12/h2-3H,4H2,1H3. The number of methoxy groups -OCH3 is 1. The first-order chi connectivity index (χ1) is 8.84. The van der Waals surface area contributed by atoms with Gasteiger partial charge in [-0.15, -0.1) is 11.6 Å². The van der Waals surface area contributed by atoms with Crippen LogP contribution in [-0.4, -0.2) is 18.6 Å². The number of ether oxygens (including phenoxy) is 1. The van der Waals surface area contributed by atoms with Gasteiger partial charge in [-0.05, 0) is 23.9 Å². The highest BCUT2D eigenvalue weighted by atomic mass is 35.5. The normalized spacial score (nSPS) is 10.9. The number of carbonyl (C=O) groups excluding carboxylic acids is 1. The zero-order chi connectivity index (χ0) is 14.6. The molecule has 0 aliphatic heterocycles. The second-order valence-corrected chi connectivity index (χ2v) is 4.62. The van der Waals surface area contributed by atoms with Crippen molar-refractivity contribution in [1.29, 1.82) is 5.26 Å². The molecule has 0 radical (unpaired) electrons. The lowest BCUT2D eigenvalue weighted by molar-refractivity contribution is -0.0328. The van der Waals surface area contributed by atoms with Gasteiger partial charge in [-0.1, -0.05) is 0 Å². The molecule has 0 amide bonds. The molecular formula is C11H7ClF3NO2S. The Bertz CT molecular complexity index is 540. The first-order valence-electron chi connectivity index (χ1n) is 4.80. The Hall–Kier alpha value is -1.39. The van der Waals surface area contributed by atoms with Gasteiger partial charge in [0.25, 0.3) is 0 Å². The van der Waals surface area contributed by atoms with Gasteiger partial charge in [0, 0.05) is 16.3 Å². The van der Waals surface area contributed by atoms with E-state index in [0.717, 1.165) is 13.2 Å². The lowest BCUT2D eigenvalue weighted by Gasteiger charge is -2.12. The minimum Gasteiger partial charge on any atom is -0.465 e. The highest BCUT2D eigenvalue weighted by Gasteiger charge is 2.31. The predicted molar refractivity (Wildman–Crippen MR) is 64.0 cm³/mol. The number of thioether (sulfide) groups is 1. The molecule has 1 rings (SSSR count). The van der Waals surface area contributed by atoms with E-state index in [0.29, 0.717) is 0 Å². The van der Waals surface area contributed by atoms with E-state index < -0.39 is 23.2 Å². The summed E-state index contributed by atoms with van der Waals surface area (Å²) in [6.45, 7) is 0. The molecule has 0 spiro atoms. The van der Waals surface area contributed by atoms with Gasteiger partial charge in [0.05, 0.1) is 18.2 Å². The van der Waals surface area contributed by atoms with Gasteiger partial charge in [0.15, 0.2) is 0 Å². The molecule has 0 bridgehead atoms. The van der Waals surface area contributed by atoms with E-state index in [4.69, 9.17) is 16.9 Å². The Balaban J connectivity index is 3.40. The van der Waals surface area contributed by atoms with Crippen LogP contribution in [0.25, 0.3) is 0 Å². The highest BCUT2D eigenvalue weighted by molar-refractivity contribution is 8.00. The monoisotopic (exact) mass is 309 g/mol. The van der Waals surface area contributed by atoms with Gasteiger partial charge in [0.2, 0.25) is 0 Å². The molecule has 1 aromatic carbocycles. The Labute approximate surface area is 116 Å². The van der Waals surface area contributed by atoms with E-state index in [9.17, 15) is 18.0 Å². The van der Waals surface area contributed by atoms with Crippen molar-refractivity contribution in [3.63, 3.8) is 0 Å². The van der Waals surface area contributed by atoms with E-state index in [1.54, 1.807) is 6.07 Å². The zero-order valence-corrected chi connectivity index (χ0v) is 11.1. The van der Waals surface area contributed by atoms with Crippen molar-refractivity contribution in [2.75, 3.05) is 7.11 Å². The first-order valence-corrected chi connectivity index (χ1v) is 6.15. The van der Waals surface area contributed by atoms with Crippen molar-refractivity contribution in [2.45, 2.75) is 16.3 Å². The molecule has 0 aliphatic carbocycles. The zero-order valence-electron chi connectivity index (χ0n) is 9.55. The Morgan fingerprint density at radius 3 is 2.58 bits per heavy atom. The highest BCUT2D eigenvalue weighted by Crippen LogP contribution is 2.40. The Morgan fingerprint density at radius 2 is 2.16 bits per heavy atom. The van der Waals surface area contributed by atoms with Crippen LogP contribution < -0.4 is 0 Å². The van der Waals surface area contributed by atoms with Crippen LogP contribution in [0.5, 0.6) is 0 Å². The molecule has 0 fully saturated rings. The van der Waals surface area contributed by atoms with Gasteiger partial charge in [-0.3, -0.25) is 0 Å². The molecule has 0 heterocycles. The third-order valence-corrected chi connectivity index (χ3v) is 3.21. The summed E-state index contributed by atoms with van der Waals surface area (Å²) in [7, 11) is 1.13. The number of hydrogen-bond donors (Lipinski definition) is 0. The molecule has 0 saturated heterocycles. The largest absolute Gasteiger partial charge is 0.465 e. The van der Waals surface area contributed by atoms with Crippen LogP contribution in [0.1, 0.15) is 21.5 Å². The van der Waals surface area contributed by atoms with Crippen molar-refractivity contribution in [3.8, 4) is 6.07 Å².